The summed E-state index contributed by atoms with van der Waals surface area (Å²) in [5.41, 5.74) is 5.81. The van der Waals surface area contributed by atoms with Crippen LogP contribution in [-0.4, -0.2) is 11.6 Å². The first-order valence-electron chi connectivity index (χ1n) is 4.11. The van der Waals surface area contributed by atoms with Crippen molar-refractivity contribution >= 4 is 23.7 Å². The number of aromatic nitrogens is 1. The third-order valence-corrected chi connectivity index (χ3v) is 1.99. The highest BCUT2D eigenvalue weighted by molar-refractivity contribution is 7.71. The monoisotopic (exact) mass is 220 g/mol. The Morgan fingerprint density at radius 1 is 1.73 bits per heavy atom. The Morgan fingerprint density at radius 2 is 2.40 bits per heavy atom. The number of ether oxygens (including phenoxy) is 1. The summed E-state index contributed by atoms with van der Waals surface area (Å²) >= 11 is 4.91. The average Bonchev–Trinajstić information content (AvgIpc) is 2.18. The number of anilines is 1. The molecule has 0 bridgehead atoms. The molecule has 15 heavy (non-hydrogen) atoms. The van der Waals surface area contributed by atoms with Crippen molar-refractivity contribution in [2.75, 3.05) is 12.3 Å². The molecule has 0 spiro atoms. The van der Waals surface area contributed by atoms with Gasteiger partial charge in [-0.25, -0.2) is 4.85 Å². The maximum Gasteiger partial charge on any atom is 0.268 e. The lowest BCUT2D eigenvalue weighted by molar-refractivity contribution is 0.341. The van der Waals surface area contributed by atoms with E-state index in [1.54, 1.807) is 6.92 Å². The van der Waals surface area contributed by atoms with Gasteiger partial charge in [0.05, 0.1) is 13.2 Å². The molecule has 1 heterocycles. The molecular formula is C9H8N4OS. The Labute approximate surface area is 91.9 Å². The third-order valence-electron chi connectivity index (χ3n) is 1.68. The quantitative estimate of drug-likeness (QED) is 0.591. The van der Waals surface area contributed by atoms with E-state index in [9.17, 15) is 0 Å². The van der Waals surface area contributed by atoms with E-state index in [1.807, 2.05) is 6.07 Å². The normalized spacial score (nSPS) is 9.00. The minimum Gasteiger partial charge on any atom is -0.503 e. The van der Waals surface area contributed by atoms with Crippen LogP contribution in [0.5, 0.6) is 5.75 Å². The van der Waals surface area contributed by atoms with Crippen LogP contribution in [0.2, 0.25) is 0 Å². The number of nitriles is 1. The van der Waals surface area contributed by atoms with Crippen molar-refractivity contribution in [2.24, 2.45) is 0 Å². The Bertz CT molecular complexity index is 521. The van der Waals surface area contributed by atoms with Crippen LogP contribution in [0.25, 0.3) is 4.85 Å². The van der Waals surface area contributed by atoms with E-state index in [0.717, 1.165) is 0 Å². The number of nitrogens with two attached hydrogens (primary N) is 1. The zero-order valence-electron chi connectivity index (χ0n) is 8.00. The van der Waals surface area contributed by atoms with Crippen molar-refractivity contribution in [3.63, 3.8) is 0 Å². The third kappa shape index (κ3) is 1.90. The van der Waals surface area contributed by atoms with Gasteiger partial charge in [0.25, 0.3) is 5.69 Å². The molecule has 76 valence electrons. The summed E-state index contributed by atoms with van der Waals surface area (Å²) in [5, 5.41) is 8.88. The standard InChI is InChI=1S/C9H8N4OS/c1-3-14-7-5(4-10)9(15)13-8(11)6(7)12-2/h3H2,1H3,(H3,11,13,15). The van der Waals surface area contributed by atoms with Gasteiger partial charge >= 0.3 is 0 Å². The molecule has 0 aliphatic carbocycles. The number of rotatable bonds is 2. The largest absolute Gasteiger partial charge is 0.503 e. The first-order valence-corrected chi connectivity index (χ1v) is 4.52. The van der Waals surface area contributed by atoms with Gasteiger partial charge in [-0.15, -0.1) is 0 Å². The van der Waals surface area contributed by atoms with Gasteiger partial charge in [-0.2, -0.15) is 5.26 Å². The van der Waals surface area contributed by atoms with Crippen molar-refractivity contribution in [2.45, 2.75) is 6.92 Å². The van der Waals surface area contributed by atoms with Gasteiger partial charge in [-0.3, -0.25) is 0 Å². The topological polar surface area (TPSA) is 79.2 Å². The maximum atomic E-state index is 8.88. The van der Waals surface area contributed by atoms with E-state index in [0.29, 0.717) is 6.61 Å². The van der Waals surface area contributed by atoms with Crippen molar-refractivity contribution in [3.05, 3.63) is 21.6 Å². The smallest absolute Gasteiger partial charge is 0.268 e. The molecule has 0 radical (unpaired) electrons. The second kappa shape index (κ2) is 4.45. The number of nitrogen functional groups attached to an aromatic ring is 1. The summed E-state index contributed by atoms with van der Waals surface area (Å²) in [4.78, 5) is 5.79. The molecule has 0 aliphatic heterocycles. The van der Waals surface area contributed by atoms with Crippen LogP contribution in [0.3, 0.4) is 0 Å². The summed E-state index contributed by atoms with van der Waals surface area (Å²) in [6, 6.07) is 1.89. The van der Waals surface area contributed by atoms with Gasteiger partial charge in [0, 0.05) is 0 Å². The van der Waals surface area contributed by atoms with Gasteiger partial charge in [0.2, 0.25) is 0 Å². The average molecular weight is 220 g/mol. The van der Waals surface area contributed by atoms with E-state index in [1.165, 1.54) is 0 Å². The Balaban J connectivity index is 3.62. The molecule has 3 N–H and O–H groups in total. The maximum absolute atomic E-state index is 8.88. The van der Waals surface area contributed by atoms with Crippen molar-refractivity contribution in [1.82, 2.24) is 4.98 Å². The van der Waals surface area contributed by atoms with Gasteiger partial charge in [0.1, 0.15) is 22.1 Å². The Hall–Kier alpha value is -2.05. The highest BCUT2D eigenvalue weighted by atomic mass is 32.1. The molecule has 1 aromatic rings. The summed E-state index contributed by atoms with van der Waals surface area (Å²) in [6.45, 7) is 9.05. The first-order chi connectivity index (χ1) is 7.15. The van der Waals surface area contributed by atoms with Crippen molar-refractivity contribution in [1.29, 1.82) is 5.26 Å². The minimum absolute atomic E-state index is 0.0991. The van der Waals surface area contributed by atoms with Gasteiger partial charge in [0.15, 0.2) is 5.75 Å². The minimum atomic E-state index is 0.0991. The molecular weight excluding hydrogens is 212 g/mol. The fourth-order valence-electron chi connectivity index (χ4n) is 1.09. The lowest BCUT2D eigenvalue weighted by Gasteiger charge is -2.09. The van der Waals surface area contributed by atoms with E-state index < -0.39 is 0 Å². The number of H-pyrrole nitrogens is 1. The number of hydrogen-bond acceptors (Lipinski definition) is 4. The number of nitrogens with one attached hydrogen (secondary N) is 1. The van der Waals surface area contributed by atoms with Gasteiger partial charge in [-0.05, 0) is 6.92 Å². The van der Waals surface area contributed by atoms with E-state index in [4.69, 9.17) is 34.5 Å². The Kier molecular flexibility index (Phi) is 3.27. The number of hydrogen-bond donors (Lipinski definition) is 2. The van der Waals surface area contributed by atoms with Crippen molar-refractivity contribution in [3.8, 4) is 11.8 Å². The lowest BCUT2D eigenvalue weighted by Crippen LogP contribution is -2.00. The first kappa shape index (κ1) is 11.0. The molecule has 0 aromatic carbocycles. The molecule has 0 amide bonds. The van der Waals surface area contributed by atoms with Crippen LogP contribution < -0.4 is 10.5 Å². The van der Waals surface area contributed by atoms with E-state index in [-0.39, 0.29) is 27.5 Å². The van der Waals surface area contributed by atoms with Crippen LogP contribution >= 0.6 is 12.2 Å². The van der Waals surface area contributed by atoms with Crippen LogP contribution in [0.1, 0.15) is 12.5 Å². The predicted molar refractivity (Wildman–Crippen MR) is 58.2 cm³/mol. The summed E-state index contributed by atoms with van der Waals surface area (Å²) in [6.07, 6.45) is 0. The molecule has 1 rings (SSSR count). The predicted octanol–water partition coefficient (Wildman–Crippen LogP) is 2.15. The fraction of sp³-hybridized carbons (Fsp3) is 0.222. The summed E-state index contributed by atoms with van der Waals surface area (Å²) in [5.74, 6) is 0.286. The summed E-state index contributed by atoms with van der Waals surface area (Å²) in [7, 11) is 0. The molecule has 1 aromatic heterocycles. The number of pyridine rings is 1. The highest BCUT2D eigenvalue weighted by Crippen LogP contribution is 2.35. The molecule has 0 atom stereocenters. The number of nitrogens with zero attached hydrogens (tertiary/aromatic N) is 2. The highest BCUT2D eigenvalue weighted by Gasteiger charge is 2.15. The zero-order chi connectivity index (χ0) is 11.4. The second-order valence-electron chi connectivity index (χ2n) is 2.58. The van der Waals surface area contributed by atoms with Crippen molar-refractivity contribution < 1.29 is 4.74 Å². The molecule has 0 aliphatic rings. The lowest BCUT2D eigenvalue weighted by atomic mass is 10.2. The van der Waals surface area contributed by atoms with Crippen LogP contribution in [0, 0.1) is 22.5 Å². The van der Waals surface area contributed by atoms with E-state index >= 15 is 0 Å². The Morgan fingerprint density at radius 3 is 2.87 bits per heavy atom. The van der Waals surface area contributed by atoms with Crippen LogP contribution in [-0.2, 0) is 0 Å². The second-order valence-corrected chi connectivity index (χ2v) is 2.99. The summed E-state index contributed by atoms with van der Waals surface area (Å²) < 4.78 is 5.39. The molecule has 0 fully saturated rings. The SMILES string of the molecule is [C-]#[N+]c1c(N)[nH]c(=S)c(C#N)c1OCC. The zero-order valence-corrected chi connectivity index (χ0v) is 8.81. The molecule has 5 nitrogen and oxygen atoms in total. The molecule has 0 unspecified atom stereocenters. The van der Waals surface area contributed by atoms with Gasteiger partial charge < -0.3 is 15.5 Å². The van der Waals surface area contributed by atoms with Crippen LogP contribution in [0.4, 0.5) is 11.5 Å². The van der Waals surface area contributed by atoms with Gasteiger partial charge in [-0.1, -0.05) is 12.2 Å². The molecule has 0 saturated carbocycles. The van der Waals surface area contributed by atoms with Crippen LogP contribution in [0.15, 0.2) is 0 Å². The number of aromatic amines is 1. The molecule has 6 heteroatoms. The molecule has 0 saturated heterocycles. The fourth-order valence-corrected chi connectivity index (χ4v) is 1.33. The van der Waals surface area contributed by atoms with E-state index in [2.05, 4.69) is 9.83 Å².